The van der Waals surface area contributed by atoms with Gasteiger partial charge in [0, 0.05) is 0 Å². The van der Waals surface area contributed by atoms with E-state index in [2.05, 4.69) is 10.5 Å². The topological polar surface area (TPSA) is 59.9 Å². The number of hydrogen-bond donors (Lipinski definition) is 1. The van der Waals surface area contributed by atoms with Crippen LogP contribution in [0.3, 0.4) is 0 Å². The van der Waals surface area contributed by atoms with E-state index in [0.29, 0.717) is 5.75 Å². The molecule has 0 saturated carbocycles. The molecule has 22 heavy (non-hydrogen) atoms. The monoisotopic (exact) mass is 298 g/mol. The third-order valence-corrected chi connectivity index (χ3v) is 2.86. The maximum Gasteiger partial charge on any atom is 0.277 e. The molecule has 0 bridgehead atoms. The fourth-order valence-electron chi connectivity index (χ4n) is 1.79. The molecule has 0 atom stereocenters. The average Bonchev–Trinajstić information content (AvgIpc) is 2.53. The number of carbonyl (C=O) groups is 1. The third kappa shape index (κ3) is 4.94. The fourth-order valence-corrected chi connectivity index (χ4v) is 1.79. The highest BCUT2D eigenvalue weighted by Gasteiger charge is 2.01. The zero-order valence-corrected chi connectivity index (χ0v) is 12.6. The van der Waals surface area contributed by atoms with Gasteiger partial charge in [0.05, 0.1) is 13.3 Å². The van der Waals surface area contributed by atoms with E-state index in [1.54, 1.807) is 19.4 Å². The summed E-state index contributed by atoms with van der Waals surface area (Å²) in [6.45, 7) is 1.88. The van der Waals surface area contributed by atoms with Crippen LogP contribution in [0.4, 0.5) is 0 Å². The number of hydrazone groups is 1. The Bertz CT molecular complexity index is 668. The number of aryl methyl sites for hydroxylation is 1. The largest absolute Gasteiger partial charge is 0.497 e. The number of nitrogens with one attached hydrogen (secondary N) is 1. The van der Waals surface area contributed by atoms with E-state index in [9.17, 15) is 4.79 Å². The van der Waals surface area contributed by atoms with Crippen molar-refractivity contribution >= 4 is 12.1 Å². The van der Waals surface area contributed by atoms with Crippen molar-refractivity contribution in [2.45, 2.75) is 6.92 Å². The first kappa shape index (κ1) is 15.6. The van der Waals surface area contributed by atoms with Gasteiger partial charge in [-0.3, -0.25) is 4.79 Å². The lowest BCUT2D eigenvalue weighted by Gasteiger charge is -2.05. The van der Waals surface area contributed by atoms with Crippen molar-refractivity contribution in [3.8, 4) is 11.5 Å². The second-order valence-electron chi connectivity index (χ2n) is 4.67. The van der Waals surface area contributed by atoms with Crippen molar-refractivity contribution < 1.29 is 14.3 Å². The maximum absolute atomic E-state index is 11.6. The lowest BCUT2D eigenvalue weighted by Crippen LogP contribution is -2.24. The summed E-state index contributed by atoms with van der Waals surface area (Å²) in [6.07, 6.45) is 1.55. The van der Waals surface area contributed by atoms with E-state index in [1.165, 1.54) is 0 Å². The van der Waals surface area contributed by atoms with Crippen LogP contribution in [0.25, 0.3) is 0 Å². The molecule has 0 aliphatic rings. The zero-order chi connectivity index (χ0) is 15.8. The minimum Gasteiger partial charge on any atom is -0.497 e. The smallest absolute Gasteiger partial charge is 0.277 e. The molecular weight excluding hydrogens is 280 g/mol. The van der Waals surface area contributed by atoms with Crippen LogP contribution in [0, 0.1) is 6.92 Å². The van der Waals surface area contributed by atoms with Gasteiger partial charge in [0.1, 0.15) is 11.5 Å². The molecule has 0 fully saturated rings. The van der Waals surface area contributed by atoms with E-state index < -0.39 is 0 Å². The van der Waals surface area contributed by atoms with Gasteiger partial charge in [0.15, 0.2) is 6.61 Å². The van der Waals surface area contributed by atoms with Gasteiger partial charge >= 0.3 is 0 Å². The normalized spacial score (nSPS) is 10.5. The van der Waals surface area contributed by atoms with Gasteiger partial charge in [-0.1, -0.05) is 24.3 Å². The van der Waals surface area contributed by atoms with E-state index in [4.69, 9.17) is 9.47 Å². The van der Waals surface area contributed by atoms with Crippen LogP contribution in [-0.4, -0.2) is 25.8 Å². The quantitative estimate of drug-likeness (QED) is 0.658. The second-order valence-corrected chi connectivity index (χ2v) is 4.67. The van der Waals surface area contributed by atoms with Crippen molar-refractivity contribution in [2.75, 3.05) is 13.7 Å². The molecule has 5 heteroatoms. The molecule has 2 aromatic rings. The van der Waals surface area contributed by atoms with Crippen LogP contribution in [0.5, 0.6) is 11.5 Å². The number of methoxy groups -OCH3 is 1. The van der Waals surface area contributed by atoms with E-state index in [0.717, 1.165) is 16.9 Å². The molecule has 2 aromatic carbocycles. The van der Waals surface area contributed by atoms with Gasteiger partial charge in [-0.15, -0.1) is 0 Å². The summed E-state index contributed by atoms with van der Waals surface area (Å²) in [5, 5.41) is 3.89. The summed E-state index contributed by atoms with van der Waals surface area (Å²) in [7, 11) is 1.60. The Kier molecular flexibility index (Phi) is 5.54. The Hall–Kier alpha value is -2.82. The van der Waals surface area contributed by atoms with Crippen molar-refractivity contribution in [2.24, 2.45) is 5.10 Å². The standard InChI is InChI=1S/C17H18N2O3/c1-13-5-3-8-16(9-13)22-12-17(20)19-18-11-14-6-4-7-15(10-14)21-2/h3-11H,12H2,1-2H3,(H,19,20). The van der Waals surface area contributed by atoms with Crippen LogP contribution in [0.2, 0.25) is 0 Å². The van der Waals surface area contributed by atoms with Crippen molar-refractivity contribution in [3.05, 3.63) is 59.7 Å². The fraction of sp³-hybridized carbons (Fsp3) is 0.176. The summed E-state index contributed by atoms with van der Waals surface area (Å²) in [6, 6.07) is 14.9. The molecular formula is C17H18N2O3. The SMILES string of the molecule is COc1cccc(C=NNC(=O)COc2cccc(C)c2)c1. The molecule has 0 unspecified atom stereocenters. The Morgan fingerprint density at radius 2 is 1.95 bits per heavy atom. The van der Waals surface area contributed by atoms with Gasteiger partial charge in [0.2, 0.25) is 0 Å². The molecule has 114 valence electrons. The van der Waals surface area contributed by atoms with Gasteiger partial charge in [0.25, 0.3) is 5.91 Å². The zero-order valence-electron chi connectivity index (χ0n) is 12.6. The van der Waals surface area contributed by atoms with E-state index >= 15 is 0 Å². The molecule has 0 spiro atoms. The molecule has 2 rings (SSSR count). The molecule has 1 N–H and O–H groups in total. The molecule has 0 saturated heterocycles. The molecule has 1 amide bonds. The number of amides is 1. The minimum atomic E-state index is -0.319. The molecule has 0 aliphatic heterocycles. The number of carbonyl (C=O) groups excluding carboxylic acids is 1. The summed E-state index contributed by atoms with van der Waals surface area (Å²) in [5.41, 5.74) is 4.33. The highest BCUT2D eigenvalue weighted by atomic mass is 16.5. The Labute approximate surface area is 129 Å². The predicted molar refractivity (Wildman–Crippen MR) is 85.4 cm³/mol. The summed E-state index contributed by atoms with van der Waals surface area (Å²) in [4.78, 5) is 11.6. The number of benzene rings is 2. The van der Waals surface area contributed by atoms with Gasteiger partial charge in [-0.2, -0.15) is 5.10 Å². The lowest BCUT2D eigenvalue weighted by atomic mass is 10.2. The number of rotatable bonds is 6. The summed E-state index contributed by atoms with van der Waals surface area (Å²) < 4.78 is 10.5. The highest BCUT2D eigenvalue weighted by Crippen LogP contribution is 2.12. The van der Waals surface area contributed by atoms with Crippen LogP contribution in [0.15, 0.2) is 53.6 Å². The number of nitrogens with zero attached hydrogens (tertiary/aromatic N) is 1. The van der Waals surface area contributed by atoms with Gasteiger partial charge in [-0.25, -0.2) is 5.43 Å². The first-order valence-corrected chi connectivity index (χ1v) is 6.83. The maximum atomic E-state index is 11.6. The molecule has 0 aliphatic carbocycles. The summed E-state index contributed by atoms with van der Waals surface area (Å²) in [5.74, 6) is 1.07. The van der Waals surface area contributed by atoms with E-state index in [1.807, 2.05) is 49.4 Å². The van der Waals surface area contributed by atoms with Crippen LogP contribution in [-0.2, 0) is 4.79 Å². The van der Waals surface area contributed by atoms with E-state index in [-0.39, 0.29) is 12.5 Å². The molecule has 0 heterocycles. The summed E-state index contributed by atoms with van der Waals surface area (Å²) >= 11 is 0. The minimum absolute atomic E-state index is 0.0844. The Morgan fingerprint density at radius 3 is 2.73 bits per heavy atom. The van der Waals surface area contributed by atoms with Crippen LogP contribution < -0.4 is 14.9 Å². The van der Waals surface area contributed by atoms with Crippen LogP contribution in [0.1, 0.15) is 11.1 Å². The average molecular weight is 298 g/mol. The molecule has 0 radical (unpaired) electrons. The van der Waals surface area contributed by atoms with Gasteiger partial charge < -0.3 is 9.47 Å². The first-order valence-electron chi connectivity index (χ1n) is 6.83. The molecule has 5 nitrogen and oxygen atoms in total. The Balaban J connectivity index is 1.81. The first-order chi connectivity index (χ1) is 10.7. The highest BCUT2D eigenvalue weighted by molar-refractivity contribution is 5.83. The van der Waals surface area contributed by atoms with Gasteiger partial charge in [-0.05, 0) is 42.3 Å². The van der Waals surface area contributed by atoms with Crippen molar-refractivity contribution in [1.29, 1.82) is 0 Å². The third-order valence-electron chi connectivity index (χ3n) is 2.86. The lowest BCUT2D eigenvalue weighted by molar-refractivity contribution is -0.123. The Morgan fingerprint density at radius 1 is 1.18 bits per heavy atom. The van der Waals surface area contributed by atoms with Crippen molar-refractivity contribution in [3.63, 3.8) is 0 Å². The second kappa shape index (κ2) is 7.83. The molecule has 0 aromatic heterocycles. The van der Waals surface area contributed by atoms with Crippen molar-refractivity contribution in [1.82, 2.24) is 5.43 Å². The number of hydrogen-bond acceptors (Lipinski definition) is 4. The predicted octanol–water partition coefficient (Wildman–Crippen LogP) is 2.53. The number of ether oxygens (including phenoxy) is 2. The van der Waals surface area contributed by atoms with Crippen LogP contribution >= 0.6 is 0 Å².